The van der Waals surface area contributed by atoms with Crippen molar-refractivity contribution in [2.24, 2.45) is 11.8 Å². The fourth-order valence-electron chi connectivity index (χ4n) is 4.28. The number of rotatable bonds is 10. The van der Waals surface area contributed by atoms with Crippen LogP contribution in [0.15, 0.2) is 11.6 Å². The van der Waals surface area contributed by atoms with Crippen LogP contribution in [0.5, 0.6) is 0 Å². The van der Waals surface area contributed by atoms with E-state index in [-0.39, 0.29) is 47.3 Å². The molecule has 0 radical (unpaired) electrons. The summed E-state index contributed by atoms with van der Waals surface area (Å²) < 4.78 is 0. The fraction of sp³-hybridized carbons (Fsp3) is 0.792. The van der Waals surface area contributed by atoms with E-state index in [0.29, 0.717) is 6.54 Å². The first-order valence-electron chi connectivity index (χ1n) is 11.7. The van der Waals surface area contributed by atoms with Crippen LogP contribution >= 0.6 is 0 Å². The summed E-state index contributed by atoms with van der Waals surface area (Å²) in [7, 11) is 0. The number of nitrogens with zero attached hydrogens (tertiary/aromatic N) is 2. The molecule has 1 saturated heterocycles. The number of amides is 2. The molecule has 31 heavy (non-hydrogen) atoms. The van der Waals surface area contributed by atoms with Gasteiger partial charge in [0, 0.05) is 18.2 Å². The third-order valence-electron chi connectivity index (χ3n) is 6.17. The van der Waals surface area contributed by atoms with Crippen molar-refractivity contribution in [2.45, 2.75) is 98.8 Å². The molecule has 0 saturated carbocycles. The molecular formula is C24H43N3O4. The van der Waals surface area contributed by atoms with Gasteiger partial charge in [-0.2, -0.15) is 0 Å². The Bertz CT molecular complexity index is 657. The molecule has 1 aliphatic heterocycles. The van der Waals surface area contributed by atoms with E-state index in [1.807, 2.05) is 34.6 Å². The molecule has 178 valence electrons. The van der Waals surface area contributed by atoms with Gasteiger partial charge >= 0.3 is 5.97 Å². The highest BCUT2D eigenvalue weighted by atomic mass is 16.4. The van der Waals surface area contributed by atoms with E-state index in [4.69, 9.17) is 0 Å². The largest absolute Gasteiger partial charge is 0.478 e. The number of aliphatic carboxylic acids is 1. The number of carboxylic acid groups (broad SMARTS) is 1. The van der Waals surface area contributed by atoms with E-state index in [1.165, 1.54) is 0 Å². The van der Waals surface area contributed by atoms with Crippen LogP contribution in [0.4, 0.5) is 0 Å². The molecule has 3 atom stereocenters. The topological polar surface area (TPSA) is 90.0 Å². The number of likely N-dealkylation sites (N-methyl/N-ethyl adjacent to an activating group) is 1. The van der Waals surface area contributed by atoms with Crippen molar-refractivity contribution in [1.29, 1.82) is 0 Å². The van der Waals surface area contributed by atoms with E-state index >= 15 is 0 Å². The molecule has 0 aromatic carbocycles. The van der Waals surface area contributed by atoms with Crippen molar-refractivity contribution >= 4 is 17.8 Å². The standard InChI is InChI=1S/C24H43N3O4/c1-9-26(20(15(2)3)14-18(8)24(30)31)23(29)21(16(4)5)25-22(28)19-12-10-11-13-27(19)17(6)7/h14-17,19-21H,9-13H2,1-8H3,(H,25,28)(H,30,31)/b18-14+/t19-,20-,21+/m1/s1. The second kappa shape index (κ2) is 12.2. The average molecular weight is 438 g/mol. The molecule has 1 heterocycles. The van der Waals surface area contributed by atoms with Crippen molar-refractivity contribution < 1.29 is 19.5 Å². The number of likely N-dealkylation sites (tertiary alicyclic amines) is 1. The van der Waals surface area contributed by atoms with E-state index < -0.39 is 12.0 Å². The molecule has 1 fully saturated rings. The first kappa shape index (κ1) is 27.1. The second-order valence-electron chi connectivity index (χ2n) is 9.59. The van der Waals surface area contributed by atoms with Gasteiger partial charge in [-0.3, -0.25) is 14.5 Å². The zero-order chi connectivity index (χ0) is 23.9. The molecule has 0 spiro atoms. The van der Waals surface area contributed by atoms with E-state index in [9.17, 15) is 19.5 Å². The highest BCUT2D eigenvalue weighted by Crippen LogP contribution is 2.22. The Labute approximate surface area is 188 Å². The van der Waals surface area contributed by atoms with Crippen molar-refractivity contribution in [2.75, 3.05) is 13.1 Å². The molecule has 1 rings (SSSR count). The predicted molar refractivity (Wildman–Crippen MR) is 124 cm³/mol. The van der Waals surface area contributed by atoms with Crippen LogP contribution in [0.3, 0.4) is 0 Å². The molecule has 7 nitrogen and oxygen atoms in total. The Hall–Kier alpha value is -1.89. The van der Waals surface area contributed by atoms with Crippen LogP contribution < -0.4 is 5.32 Å². The van der Waals surface area contributed by atoms with Gasteiger partial charge in [-0.15, -0.1) is 0 Å². The smallest absolute Gasteiger partial charge is 0.331 e. The minimum absolute atomic E-state index is 0.0384. The molecule has 0 aromatic rings. The monoisotopic (exact) mass is 437 g/mol. The lowest BCUT2D eigenvalue weighted by Crippen LogP contribution is -2.59. The maximum Gasteiger partial charge on any atom is 0.331 e. The van der Waals surface area contributed by atoms with E-state index in [1.54, 1.807) is 17.9 Å². The Morgan fingerprint density at radius 2 is 1.71 bits per heavy atom. The number of carboxylic acids is 1. The normalized spacial score (nSPS) is 20.1. The van der Waals surface area contributed by atoms with Crippen molar-refractivity contribution in [3.05, 3.63) is 11.6 Å². The lowest BCUT2D eigenvalue weighted by molar-refractivity contribution is -0.141. The van der Waals surface area contributed by atoms with Gasteiger partial charge in [-0.05, 0) is 58.9 Å². The lowest BCUT2D eigenvalue weighted by atomic mass is 9.95. The number of nitrogens with one attached hydrogen (secondary N) is 1. The fourth-order valence-corrected chi connectivity index (χ4v) is 4.28. The first-order valence-corrected chi connectivity index (χ1v) is 11.7. The molecular weight excluding hydrogens is 394 g/mol. The van der Waals surface area contributed by atoms with Crippen molar-refractivity contribution in [3.8, 4) is 0 Å². The molecule has 2 amide bonds. The number of piperidine rings is 1. The zero-order valence-corrected chi connectivity index (χ0v) is 20.6. The predicted octanol–water partition coefficient (Wildman–Crippen LogP) is 3.29. The van der Waals surface area contributed by atoms with Crippen LogP contribution in [0, 0.1) is 11.8 Å². The summed E-state index contributed by atoms with van der Waals surface area (Å²) >= 11 is 0. The number of carbonyl (C=O) groups is 3. The van der Waals surface area contributed by atoms with Gasteiger partial charge in [0.05, 0.1) is 12.1 Å². The Balaban J connectivity index is 3.13. The molecule has 7 heteroatoms. The minimum atomic E-state index is -0.992. The van der Waals surface area contributed by atoms with Crippen molar-refractivity contribution in [3.63, 3.8) is 0 Å². The molecule has 2 N–H and O–H groups in total. The van der Waals surface area contributed by atoms with E-state index in [0.717, 1.165) is 25.8 Å². The maximum atomic E-state index is 13.6. The summed E-state index contributed by atoms with van der Waals surface area (Å²) in [4.78, 5) is 42.0. The van der Waals surface area contributed by atoms with Crippen LogP contribution in [0.25, 0.3) is 0 Å². The van der Waals surface area contributed by atoms with Crippen LogP contribution in [0.1, 0.15) is 74.7 Å². The Morgan fingerprint density at radius 3 is 2.16 bits per heavy atom. The molecule has 0 bridgehead atoms. The van der Waals surface area contributed by atoms with Crippen LogP contribution in [0.2, 0.25) is 0 Å². The zero-order valence-electron chi connectivity index (χ0n) is 20.6. The molecule has 0 aliphatic carbocycles. The second-order valence-corrected chi connectivity index (χ2v) is 9.59. The van der Waals surface area contributed by atoms with Gasteiger partial charge in [-0.1, -0.05) is 40.2 Å². The first-order chi connectivity index (χ1) is 14.4. The summed E-state index contributed by atoms with van der Waals surface area (Å²) in [6, 6.07) is -0.949. The molecule has 1 aliphatic rings. The number of hydrogen-bond acceptors (Lipinski definition) is 4. The Morgan fingerprint density at radius 1 is 1.10 bits per heavy atom. The average Bonchev–Trinajstić information content (AvgIpc) is 2.70. The molecule has 0 aromatic heterocycles. The van der Waals surface area contributed by atoms with Crippen molar-refractivity contribution in [1.82, 2.24) is 15.1 Å². The molecule has 0 unspecified atom stereocenters. The summed E-state index contributed by atoms with van der Waals surface area (Å²) in [6.07, 6.45) is 4.55. The SMILES string of the molecule is CCN(C(=O)[C@@H](NC(=O)[C@H]1CCCCN1C(C)C)C(C)C)[C@H](/C=C(\C)C(=O)O)C(C)C. The summed E-state index contributed by atoms with van der Waals surface area (Å²) in [6.45, 7) is 16.8. The summed E-state index contributed by atoms with van der Waals surface area (Å²) in [5.74, 6) is -1.29. The van der Waals surface area contributed by atoms with Crippen LogP contribution in [-0.4, -0.2) is 69.9 Å². The highest BCUT2D eigenvalue weighted by Gasteiger charge is 2.36. The maximum absolute atomic E-state index is 13.6. The summed E-state index contributed by atoms with van der Waals surface area (Å²) in [5, 5.41) is 12.3. The number of carbonyl (C=O) groups excluding carboxylic acids is 2. The van der Waals surface area contributed by atoms with Gasteiger partial charge < -0.3 is 15.3 Å². The third kappa shape index (κ3) is 7.34. The minimum Gasteiger partial charge on any atom is -0.478 e. The van der Waals surface area contributed by atoms with Gasteiger partial charge in [0.1, 0.15) is 6.04 Å². The van der Waals surface area contributed by atoms with Gasteiger partial charge in [0.15, 0.2) is 0 Å². The van der Waals surface area contributed by atoms with Gasteiger partial charge in [-0.25, -0.2) is 4.79 Å². The lowest BCUT2D eigenvalue weighted by Gasteiger charge is -2.39. The Kier molecular flexibility index (Phi) is 10.7. The third-order valence-corrected chi connectivity index (χ3v) is 6.17. The summed E-state index contributed by atoms with van der Waals surface area (Å²) in [5.41, 5.74) is 0.213. The van der Waals surface area contributed by atoms with Gasteiger partial charge in [0.25, 0.3) is 0 Å². The van der Waals surface area contributed by atoms with Crippen LogP contribution in [-0.2, 0) is 14.4 Å². The quantitative estimate of drug-likeness (QED) is 0.512. The number of hydrogen-bond donors (Lipinski definition) is 2. The van der Waals surface area contributed by atoms with E-state index in [2.05, 4.69) is 24.1 Å². The highest BCUT2D eigenvalue weighted by molar-refractivity contribution is 5.90. The van der Waals surface area contributed by atoms with Gasteiger partial charge in [0.2, 0.25) is 11.8 Å².